The highest BCUT2D eigenvalue weighted by molar-refractivity contribution is 7.82. The average Bonchev–Trinajstić information content (AvgIpc) is 2.51. The summed E-state index contributed by atoms with van der Waals surface area (Å²) in [5.74, 6) is 0. The minimum atomic E-state index is -4.51. The van der Waals surface area contributed by atoms with E-state index in [0.29, 0.717) is 5.69 Å². The van der Waals surface area contributed by atoms with Crippen LogP contribution in [-0.4, -0.2) is 56.6 Å². The molecule has 1 heterocycles. The van der Waals surface area contributed by atoms with E-state index in [9.17, 15) is 28.7 Å². The van der Waals surface area contributed by atoms with Gasteiger partial charge in [0.05, 0.1) is 0 Å². The van der Waals surface area contributed by atoms with Crippen LogP contribution in [0.3, 0.4) is 0 Å². The van der Waals surface area contributed by atoms with Crippen LogP contribution < -0.4 is 0 Å². The highest BCUT2D eigenvalue weighted by Crippen LogP contribution is 2.80. The Morgan fingerprint density at radius 3 is 1.60 bits per heavy atom. The van der Waals surface area contributed by atoms with Crippen molar-refractivity contribution in [2.45, 2.75) is 25.2 Å². The third-order valence-electron chi connectivity index (χ3n) is 3.26. The van der Waals surface area contributed by atoms with Gasteiger partial charge in [0, 0.05) is 38.0 Å². The molecule has 0 aliphatic heterocycles. The number of aryl methyl sites for hydroxylation is 2. The lowest BCUT2D eigenvalue weighted by molar-refractivity contribution is 0.347. The lowest BCUT2D eigenvalue weighted by Crippen LogP contribution is -2.16. The van der Waals surface area contributed by atoms with Gasteiger partial charge in [-0.3, -0.25) is 31.4 Å². The molecule has 0 aliphatic rings. The number of rotatable bonds is 13. The van der Waals surface area contributed by atoms with Crippen LogP contribution in [0, 0.1) is 6.92 Å². The quantitative estimate of drug-likeness (QED) is 0.252. The Morgan fingerprint density at radius 2 is 1.27 bits per heavy atom. The fourth-order valence-electron chi connectivity index (χ4n) is 2.41. The van der Waals surface area contributed by atoms with Crippen molar-refractivity contribution < 1.29 is 45.9 Å². The molecule has 0 saturated heterocycles. The van der Waals surface area contributed by atoms with Gasteiger partial charge < -0.3 is 19.6 Å². The first-order chi connectivity index (χ1) is 13.8. The summed E-state index contributed by atoms with van der Waals surface area (Å²) in [6, 6.07) is 5.26. The van der Waals surface area contributed by atoms with E-state index in [2.05, 4.69) is 4.98 Å². The molecule has 0 aliphatic carbocycles. The summed E-state index contributed by atoms with van der Waals surface area (Å²) in [5.41, 5.74) is 1.31. The monoisotopic (exact) mass is 543 g/mol. The molecule has 0 bridgehead atoms. The summed E-state index contributed by atoms with van der Waals surface area (Å²) in [5, 5.41) is -1.64. The third kappa shape index (κ3) is 9.87. The van der Waals surface area contributed by atoms with Crippen LogP contribution in [0.4, 0.5) is 0 Å². The topological polar surface area (TPSA) is 165 Å². The zero-order valence-corrected chi connectivity index (χ0v) is 22.5. The average molecular weight is 543 g/mol. The van der Waals surface area contributed by atoms with Gasteiger partial charge in [0.15, 0.2) is 38.9 Å². The van der Waals surface area contributed by atoms with Gasteiger partial charge in [-0.2, -0.15) is 0 Å². The van der Waals surface area contributed by atoms with Crippen molar-refractivity contribution in [2.24, 2.45) is 0 Å². The number of nitrogens with zero attached hydrogens (tertiary/aromatic N) is 1. The van der Waals surface area contributed by atoms with Gasteiger partial charge in [-0.05, 0) is 31.9 Å². The van der Waals surface area contributed by atoms with Crippen LogP contribution in [0.15, 0.2) is 18.2 Å². The molecule has 4 atom stereocenters. The Labute approximate surface area is 181 Å². The molecule has 4 unspecified atom stereocenters. The second kappa shape index (κ2) is 13.0. The number of hydrogen-bond donors (Lipinski definition) is 4. The van der Waals surface area contributed by atoms with Gasteiger partial charge in [-0.1, -0.05) is 6.07 Å². The normalized spacial score (nSPS) is 21.1. The predicted octanol–water partition coefficient (Wildman–Crippen LogP) is 4.84. The van der Waals surface area contributed by atoms with Crippen LogP contribution >= 0.6 is 48.7 Å². The molecule has 0 radical (unpaired) electrons. The van der Waals surface area contributed by atoms with E-state index >= 15 is 0 Å². The second-order valence-electron chi connectivity index (χ2n) is 6.05. The first kappa shape index (κ1) is 29.0. The summed E-state index contributed by atoms with van der Waals surface area (Å²) in [6.45, 7) is 6.69. The smallest absolute Gasteiger partial charge is 0.350 e. The fourth-order valence-corrected chi connectivity index (χ4v) is 14.0. The summed E-state index contributed by atoms with van der Waals surface area (Å²) in [6.07, 6.45) is -0.0380. The van der Waals surface area contributed by atoms with Gasteiger partial charge >= 0.3 is 15.2 Å². The molecule has 0 spiro atoms. The molecule has 174 valence electrons. The molecule has 17 heteroatoms. The molecule has 1 aromatic heterocycles. The fraction of sp³-hybridized carbons (Fsp3) is 0.615. The van der Waals surface area contributed by atoms with Gasteiger partial charge in [-0.25, -0.2) is 0 Å². The molecule has 4 N–H and O–H groups in total. The second-order valence-corrected chi connectivity index (χ2v) is 16.2. The van der Waals surface area contributed by atoms with Crippen molar-refractivity contribution in [1.29, 1.82) is 0 Å². The molecule has 0 aromatic carbocycles. The van der Waals surface area contributed by atoms with Crippen molar-refractivity contribution in [2.75, 3.05) is 26.7 Å². The Balaban J connectivity index is 3.45. The minimum Gasteiger partial charge on any atom is -0.350 e. The van der Waals surface area contributed by atoms with Crippen LogP contribution in [0.25, 0.3) is 0 Å². The van der Waals surface area contributed by atoms with E-state index in [0.717, 1.165) is 5.69 Å². The van der Waals surface area contributed by atoms with Crippen molar-refractivity contribution in [3.63, 3.8) is 0 Å². The maximum absolute atomic E-state index is 13.6. The van der Waals surface area contributed by atoms with Crippen LogP contribution in [0.2, 0.25) is 0 Å². The number of pyridine rings is 1. The van der Waals surface area contributed by atoms with Crippen LogP contribution in [0.1, 0.15) is 17.8 Å². The highest BCUT2D eigenvalue weighted by atomic mass is 31.3. The van der Waals surface area contributed by atoms with Gasteiger partial charge in [0.25, 0.3) is 0 Å². The Morgan fingerprint density at radius 1 is 0.867 bits per heavy atom. The first-order valence-electron chi connectivity index (χ1n) is 8.38. The molecule has 0 fully saturated rings. The molecule has 0 amide bonds. The third-order valence-corrected chi connectivity index (χ3v) is 14.4. The largest absolute Gasteiger partial charge is 0.356 e. The molecule has 11 nitrogen and oxygen atoms in total. The summed E-state index contributed by atoms with van der Waals surface area (Å²) in [7, 11) is -18.1. The molecule has 1 aromatic rings. The van der Waals surface area contributed by atoms with E-state index in [1.807, 2.05) is 0 Å². The highest BCUT2D eigenvalue weighted by Gasteiger charge is 2.54. The van der Waals surface area contributed by atoms with Gasteiger partial charge in [0.2, 0.25) is 0 Å². The van der Waals surface area contributed by atoms with E-state index in [1.165, 1.54) is 26.7 Å². The maximum Gasteiger partial charge on any atom is 0.356 e. The molecular weight excluding hydrogens is 516 g/mol. The summed E-state index contributed by atoms with van der Waals surface area (Å²) in [4.78, 5) is 43.3. The van der Waals surface area contributed by atoms with Crippen LogP contribution in [0.5, 0.6) is 0 Å². The Bertz CT molecular complexity index is 698. The molecule has 1 rings (SSSR count). The number of hydrogen-bond acceptors (Lipinski definition) is 11. The Hall–Kier alpha value is 1.01. The van der Waals surface area contributed by atoms with Crippen molar-refractivity contribution >= 4 is 48.7 Å². The first-order valence-corrected chi connectivity index (χ1v) is 18.2. The maximum atomic E-state index is 13.6. The summed E-state index contributed by atoms with van der Waals surface area (Å²) < 4.78 is 47.8. The van der Waals surface area contributed by atoms with Crippen molar-refractivity contribution in [3.05, 3.63) is 29.6 Å². The summed E-state index contributed by atoms with van der Waals surface area (Å²) >= 11 is 0. The molecular formula is C13H27NO10P6. The van der Waals surface area contributed by atoms with E-state index in [-0.39, 0.29) is 12.8 Å². The minimum absolute atomic E-state index is 0.139. The van der Waals surface area contributed by atoms with Gasteiger partial charge in [0.1, 0.15) is 0 Å². The SMILES string of the molecule is Cc1cccc(CCC(P(=O)(OP(C)O)OP(C)O)P(=O)(OP(C)O)OP(C)O)n1. The Kier molecular flexibility index (Phi) is 12.6. The van der Waals surface area contributed by atoms with Crippen molar-refractivity contribution in [1.82, 2.24) is 4.98 Å². The van der Waals surface area contributed by atoms with E-state index < -0.39 is 54.1 Å². The van der Waals surface area contributed by atoms with Crippen molar-refractivity contribution in [3.8, 4) is 0 Å². The molecule has 0 saturated carbocycles. The standard InChI is InChI=1S/C13H27NO10P6/c1-11-7-6-8-12(14-11)9-10-13(29(19,21-25(2)15)22-26(3)16)30(20,23-27(4)17)24-28(5)18/h6-8,13,15-18H,9-10H2,1-5H3. The zero-order chi connectivity index (χ0) is 23.1. The lowest BCUT2D eigenvalue weighted by atomic mass is 10.2. The molecule has 30 heavy (non-hydrogen) atoms. The van der Waals surface area contributed by atoms with E-state index in [4.69, 9.17) is 17.2 Å². The van der Waals surface area contributed by atoms with Gasteiger partial charge in [-0.15, -0.1) is 0 Å². The van der Waals surface area contributed by atoms with Crippen LogP contribution in [-0.2, 0) is 32.8 Å². The lowest BCUT2D eigenvalue weighted by Gasteiger charge is -2.33. The predicted molar refractivity (Wildman–Crippen MR) is 121 cm³/mol. The van der Waals surface area contributed by atoms with E-state index in [1.54, 1.807) is 25.1 Å². The number of aromatic nitrogens is 1. The zero-order valence-electron chi connectivity index (χ0n) is 17.1.